The number of benzene rings is 3. The fraction of sp³-hybridized carbons (Fsp3) is 0.367. The second-order valence-electron chi connectivity index (χ2n) is 9.95. The number of hydrogen-bond acceptors (Lipinski definition) is 3. The lowest BCUT2D eigenvalue weighted by Crippen LogP contribution is -2.52. The van der Waals surface area contributed by atoms with Crippen LogP contribution in [0.5, 0.6) is 0 Å². The highest BCUT2D eigenvalue weighted by molar-refractivity contribution is 6.42. The second-order valence-corrected chi connectivity index (χ2v) is 10.8. The van der Waals surface area contributed by atoms with Gasteiger partial charge < -0.3 is 9.64 Å². The van der Waals surface area contributed by atoms with Crippen molar-refractivity contribution in [2.45, 2.75) is 50.3 Å². The Kier molecular flexibility index (Phi) is 7.97. The van der Waals surface area contributed by atoms with Crippen LogP contribution in [0.1, 0.15) is 41.5 Å². The molecule has 0 saturated carbocycles. The van der Waals surface area contributed by atoms with Gasteiger partial charge in [-0.3, -0.25) is 10.1 Å². The highest BCUT2D eigenvalue weighted by atomic mass is 35.5. The van der Waals surface area contributed by atoms with Gasteiger partial charge in [0.05, 0.1) is 23.3 Å². The molecule has 1 fully saturated rings. The van der Waals surface area contributed by atoms with Gasteiger partial charge >= 0.3 is 0 Å². The van der Waals surface area contributed by atoms with Crippen molar-refractivity contribution in [1.29, 1.82) is 0 Å². The molecule has 1 heterocycles. The van der Waals surface area contributed by atoms with Crippen molar-refractivity contribution in [3.8, 4) is 0 Å². The van der Waals surface area contributed by atoms with E-state index < -0.39 is 6.04 Å². The Balaban J connectivity index is 1.23. The van der Waals surface area contributed by atoms with Gasteiger partial charge in [-0.25, -0.2) is 0 Å². The number of hydrogen-bond donors (Lipinski definition) is 1. The minimum absolute atomic E-state index is 0.112. The third-order valence-corrected chi connectivity index (χ3v) is 8.46. The number of fused-ring (bicyclic) bond motifs is 2. The average molecular weight is 524 g/mol. The van der Waals surface area contributed by atoms with Gasteiger partial charge in [0.25, 0.3) is 0 Å². The normalized spacial score (nSPS) is 17.2. The summed E-state index contributed by atoms with van der Waals surface area (Å²) in [4.78, 5) is 15.7. The molecule has 1 aliphatic heterocycles. The first-order valence-corrected chi connectivity index (χ1v) is 13.5. The average Bonchev–Trinajstić information content (AvgIpc) is 3.26. The van der Waals surface area contributed by atoms with E-state index in [1.807, 2.05) is 35.2 Å². The van der Waals surface area contributed by atoms with Crippen LogP contribution in [-0.2, 0) is 34.5 Å². The van der Waals surface area contributed by atoms with Gasteiger partial charge in [0.15, 0.2) is 0 Å². The van der Waals surface area contributed by atoms with Crippen molar-refractivity contribution in [2.75, 3.05) is 19.7 Å². The lowest BCUT2D eigenvalue weighted by atomic mass is 9.74. The van der Waals surface area contributed by atoms with Crippen LogP contribution >= 0.6 is 23.2 Å². The summed E-state index contributed by atoms with van der Waals surface area (Å²) < 4.78 is 6.01. The molecule has 1 saturated heterocycles. The molecule has 1 atom stereocenters. The number of carbonyl (C=O) groups excluding carboxylic acids is 1. The molecule has 2 aliphatic rings. The van der Waals surface area contributed by atoms with Crippen molar-refractivity contribution in [3.05, 3.63) is 105 Å². The van der Waals surface area contributed by atoms with Gasteiger partial charge in [-0.1, -0.05) is 83.9 Å². The minimum atomic E-state index is -0.419. The molecular formula is C30H32Cl2N2O2. The monoisotopic (exact) mass is 522 g/mol. The third kappa shape index (κ3) is 5.63. The summed E-state index contributed by atoms with van der Waals surface area (Å²) in [6, 6.07) is 24.0. The molecule has 5 rings (SSSR count). The Morgan fingerprint density at radius 3 is 2.44 bits per heavy atom. The minimum Gasteiger partial charge on any atom is -0.375 e. The van der Waals surface area contributed by atoms with Crippen LogP contribution in [-0.4, -0.2) is 36.5 Å². The molecule has 3 aromatic carbocycles. The molecule has 6 heteroatoms. The van der Waals surface area contributed by atoms with Crippen LogP contribution in [0.3, 0.4) is 0 Å². The zero-order valence-electron chi connectivity index (χ0n) is 20.4. The first-order valence-electron chi connectivity index (χ1n) is 12.7. The van der Waals surface area contributed by atoms with Crippen LogP contribution in [0.15, 0.2) is 72.8 Å². The summed E-state index contributed by atoms with van der Waals surface area (Å²) in [5, 5.41) is 4.48. The van der Waals surface area contributed by atoms with E-state index in [1.165, 1.54) is 17.5 Å². The second kappa shape index (κ2) is 11.4. The molecule has 0 aromatic heterocycles. The molecule has 1 aliphatic carbocycles. The van der Waals surface area contributed by atoms with Gasteiger partial charge in [0.2, 0.25) is 5.91 Å². The Bertz CT molecular complexity index is 1190. The SMILES string of the molecule is O=C([C@H](COCc1ccc(Cl)c(Cl)c1)NCc1ccccc1)N1CCC2(CCc3ccccc32)CC1. The Labute approximate surface area is 223 Å². The standard InChI is InChI=1S/C30H32Cl2N2O2/c31-26-11-10-23(18-27(26)32)20-36-21-28(33-19-22-6-2-1-3-7-22)29(35)34-16-14-30(15-17-34)13-12-24-8-4-5-9-25(24)30/h1-11,18,28,33H,12-17,19-21H2/t28-/m0/s1. The fourth-order valence-corrected chi connectivity index (χ4v) is 5.96. The highest BCUT2D eigenvalue weighted by Crippen LogP contribution is 2.46. The molecule has 0 radical (unpaired) electrons. The number of carbonyl (C=O) groups is 1. The molecule has 1 amide bonds. The number of rotatable bonds is 8. The maximum absolute atomic E-state index is 13.7. The molecule has 188 valence electrons. The van der Waals surface area contributed by atoms with Crippen molar-refractivity contribution < 1.29 is 9.53 Å². The lowest BCUT2D eigenvalue weighted by Gasteiger charge is -2.41. The zero-order chi connectivity index (χ0) is 25.0. The molecule has 0 unspecified atom stereocenters. The quantitative estimate of drug-likeness (QED) is 0.384. The van der Waals surface area contributed by atoms with E-state index in [0.29, 0.717) is 23.2 Å². The van der Waals surface area contributed by atoms with Gasteiger partial charge in [0.1, 0.15) is 6.04 Å². The number of nitrogens with one attached hydrogen (secondary N) is 1. The Morgan fingerprint density at radius 2 is 1.67 bits per heavy atom. The maximum atomic E-state index is 13.7. The number of likely N-dealkylation sites (tertiary alicyclic amines) is 1. The van der Waals surface area contributed by atoms with E-state index in [-0.39, 0.29) is 17.9 Å². The fourth-order valence-electron chi connectivity index (χ4n) is 5.64. The topological polar surface area (TPSA) is 41.6 Å². The number of piperidine rings is 1. The highest BCUT2D eigenvalue weighted by Gasteiger charge is 2.42. The predicted molar refractivity (Wildman–Crippen MR) is 145 cm³/mol. The first kappa shape index (κ1) is 25.3. The first-order chi connectivity index (χ1) is 17.5. The number of amides is 1. The zero-order valence-corrected chi connectivity index (χ0v) is 21.9. The van der Waals surface area contributed by atoms with Crippen LogP contribution in [0.25, 0.3) is 0 Å². The summed E-state index contributed by atoms with van der Waals surface area (Å²) in [6.45, 7) is 2.83. The number of aryl methyl sites for hydroxylation is 1. The maximum Gasteiger partial charge on any atom is 0.242 e. The van der Waals surface area contributed by atoms with Gasteiger partial charge in [-0.2, -0.15) is 0 Å². The summed E-state index contributed by atoms with van der Waals surface area (Å²) >= 11 is 12.2. The molecule has 1 spiro atoms. The van der Waals surface area contributed by atoms with Crippen molar-refractivity contribution in [1.82, 2.24) is 10.2 Å². The lowest BCUT2D eigenvalue weighted by molar-refractivity contribution is -0.137. The van der Waals surface area contributed by atoms with E-state index in [0.717, 1.165) is 43.5 Å². The third-order valence-electron chi connectivity index (χ3n) is 7.72. The van der Waals surface area contributed by atoms with Crippen LogP contribution in [0.4, 0.5) is 0 Å². The number of halogens is 2. The van der Waals surface area contributed by atoms with E-state index >= 15 is 0 Å². The van der Waals surface area contributed by atoms with Crippen molar-refractivity contribution in [3.63, 3.8) is 0 Å². The van der Waals surface area contributed by atoms with E-state index in [4.69, 9.17) is 27.9 Å². The molecule has 4 nitrogen and oxygen atoms in total. The van der Waals surface area contributed by atoms with Crippen LogP contribution < -0.4 is 5.32 Å². The van der Waals surface area contributed by atoms with Crippen molar-refractivity contribution >= 4 is 29.1 Å². The number of nitrogens with zero attached hydrogens (tertiary/aromatic N) is 1. The smallest absolute Gasteiger partial charge is 0.242 e. The summed E-state index contributed by atoms with van der Waals surface area (Å²) in [7, 11) is 0. The molecule has 36 heavy (non-hydrogen) atoms. The van der Waals surface area contributed by atoms with E-state index in [1.54, 1.807) is 6.07 Å². The van der Waals surface area contributed by atoms with Crippen LogP contribution in [0, 0.1) is 0 Å². The molecular weight excluding hydrogens is 491 g/mol. The predicted octanol–water partition coefficient (Wildman–Crippen LogP) is 6.18. The Hall–Kier alpha value is -2.37. The van der Waals surface area contributed by atoms with Gasteiger partial charge in [-0.05, 0) is 65.5 Å². The Morgan fingerprint density at radius 1 is 0.917 bits per heavy atom. The molecule has 0 bridgehead atoms. The molecule has 1 N–H and O–H groups in total. The summed E-state index contributed by atoms with van der Waals surface area (Å²) in [5.41, 5.74) is 5.28. The van der Waals surface area contributed by atoms with E-state index in [9.17, 15) is 4.79 Å². The number of ether oxygens (including phenoxy) is 1. The van der Waals surface area contributed by atoms with E-state index in [2.05, 4.69) is 41.7 Å². The largest absolute Gasteiger partial charge is 0.375 e. The summed E-state index contributed by atoms with van der Waals surface area (Å²) in [6.07, 6.45) is 4.38. The van der Waals surface area contributed by atoms with Crippen molar-refractivity contribution in [2.24, 2.45) is 0 Å². The molecule has 3 aromatic rings. The van der Waals surface area contributed by atoms with Gasteiger partial charge in [0, 0.05) is 19.6 Å². The van der Waals surface area contributed by atoms with Crippen LogP contribution in [0.2, 0.25) is 10.0 Å². The summed E-state index contributed by atoms with van der Waals surface area (Å²) in [5.74, 6) is 0.112. The van der Waals surface area contributed by atoms with Gasteiger partial charge in [-0.15, -0.1) is 0 Å².